The van der Waals surface area contributed by atoms with Crippen molar-refractivity contribution >= 4 is 36.5 Å². The summed E-state index contributed by atoms with van der Waals surface area (Å²) in [5, 5.41) is 6.14. The molecule has 0 aliphatic rings. The minimum atomic E-state index is -0.429. The van der Waals surface area contributed by atoms with Crippen LogP contribution in [0.25, 0.3) is 0 Å². The van der Waals surface area contributed by atoms with E-state index in [1.807, 2.05) is 39.0 Å². The average Bonchev–Trinajstić information content (AvgIpc) is 2.46. The lowest BCUT2D eigenvalue weighted by Gasteiger charge is -2.28. The minimum absolute atomic E-state index is 0. The Morgan fingerprint density at radius 2 is 1.86 bits per heavy atom. The molecule has 4 N–H and O–H groups in total. The molecule has 0 unspecified atom stereocenters. The lowest BCUT2D eigenvalue weighted by atomic mass is 9.81. The number of nitrogens with two attached hydrogens (primary N) is 1. The quantitative estimate of drug-likeness (QED) is 0.629. The Morgan fingerprint density at radius 1 is 1.23 bits per heavy atom. The average molecular weight is 351 g/mol. The van der Waals surface area contributed by atoms with Gasteiger partial charge < -0.3 is 16.4 Å². The van der Waals surface area contributed by atoms with Crippen LogP contribution in [-0.4, -0.2) is 30.5 Å². The van der Waals surface area contributed by atoms with Gasteiger partial charge in [0.05, 0.1) is 5.41 Å². The van der Waals surface area contributed by atoms with Gasteiger partial charge in [0.25, 0.3) is 0 Å². The zero-order chi connectivity index (χ0) is 15.0. The summed E-state index contributed by atoms with van der Waals surface area (Å²) in [5.74, 6) is 0.874. The van der Waals surface area contributed by atoms with Crippen molar-refractivity contribution < 1.29 is 4.79 Å². The predicted molar refractivity (Wildman–Crippen MR) is 97.0 cm³/mol. The first-order valence-electron chi connectivity index (χ1n) is 7.24. The third-order valence-corrected chi connectivity index (χ3v) is 3.83. The molecule has 0 saturated heterocycles. The SMILES string of the molecule is CCC(CC)(CN)C(=O)NCCNc1cccc(C)n1.Cl.Cl. The molecule has 22 heavy (non-hydrogen) atoms. The maximum atomic E-state index is 12.2. The molecular weight excluding hydrogens is 323 g/mol. The van der Waals surface area contributed by atoms with Crippen molar-refractivity contribution in [2.75, 3.05) is 25.0 Å². The number of carbonyl (C=O) groups is 1. The molecule has 1 rings (SSSR count). The number of nitrogens with zero attached hydrogens (tertiary/aromatic N) is 1. The summed E-state index contributed by atoms with van der Waals surface area (Å²) in [6, 6.07) is 5.82. The molecule has 7 heteroatoms. The Balaban J connectivity index is 0. The molecule has 0 fully saturated rings. The van der Waals surface area contributed by atoms with Gasteiger partial charge in [-0.05, 0) is 31.9 Å². The van der Waals surface area contributed by atoms with Gasteiger partial charge in [0.15, 0.2) is 0 Å². The zero-order valence-electron chi connectivity index (χ0n) is 13.5. The molecular formula is C15H28Cl2N4O. The summed E-state index contributed by atoms with van der Waals surface area (Å²) >= 11 is 0. The summed E-state index contributed by atoms with van der Waals surface area (Å²) in [4.78, 5) is 16.5. The lowest BCUT2D eigenvalue weighted by molar-refractivity contribution is -0.130. The molecule has 0 bridgehead atoms. The second-order valence-electron chi connectivity index (χ2n) is 5.04. The molecule has 5 nitrogen and oxygen atoms in total. The van der Waals surface area contributed by atoms with Gasteiger partial charge in [-0.25, -0.2) is 4.98 Å². The second kappa shape index (κ2) is 11.5. The molecule has 128 valence electrons. The second-order valence-corrected chi connectivity index (χ2v) is 5.04. The number of nitrogens with one attached hydrogen (secondary N) is 2. The Labute approximate surface area is 145 Å². The van der Waals surface area contributed by atoms with E-state index in [0.717, 1.165) is 24.4 Å². The van der Waals surface area contributed by atoms with Crippen LogP contribution in [-0.2, 0) is 4.79 Å². The molecule has 0 saturated carbocycles. The number of aryl methyl sites for hydroxylation is 1. The van der Waals surface area contributed by atoms with Crippen LogP contribution >= 0.6 is 24.8 Å². The summed E-state index contributed by atoms with van der Waals surface area (Å²) in [7, 11) is 0. The van der Waals surface area contributed by atoms with Gasteiger partial charge >= 0.3 is 0 Å². The highest BCUT2D eigenvalue weighted by molar-refractivity contribution is 5.85. The Kier molecular flexibility index (Phi) is 12.2. The first-order chi connectivity index (χ1) is 9.57. The fourth-order valence-corrected chi connectivity index (χ4v) is 2.15. The predicted octanol–water partition coefficient (Wildman–Crippen LogP) is 2.53. The third kappa shape index (κ3) is 6.38. The number of pyridine rings is 1. The van der Waals surface area contributed by atoms with Gasteiger partial charge in [-0.3, -0.25) is 4.79 Å². The van der Waals surface area contributed by atoms with Crippen molar-refractivity contribution in [3.63, 3.8) is 0 Å². The van der Waals surface area contributed by atoms with E-state index < -0.39 is 5.41 Å². The van der Waals surface area contributed by atoms with E-state index in [9.17, 15) is 4.79 Å². The van der Waals surface area contributed by atoms with Crippen molar-refractivity contribution in [2.24, 2.45) is 11.1 Å². The smallest absolute Gasteiger partial charge is 0.227 e. The van der Waals surface area contributed by atoms with E-state index in [4.69, 9.17) is 5.73 Å². The minimum Gasteiger partial charge on any atom is -0.368 e. The van der Waals surface area contributed by atoms with Crippen molar-refractivity contribution in [3.8, 4) is 0 Å². The number of hydrogen-bond donors (Lipinski definition) is 3. The van der Waals surface area contributed by atoms with E-state index in [1.165, 1.54) is 0 Å². The number of amides is 1. The number of carbonyl (C=O) groups excluding carboxylic acids is 1. The van der Waals surface area contributed by atoms with Crippen LogP contribution in [0.15, 0.2) is 18.2 Å². The molecule has 0 spiro atoms. The summed E-state index contributed by atoms with van der Waals surface area (Å²) in [6.07, 6.45) is 1.53. The van der Waals surface area contributed by atoms with E-state index in [-0.39, 0.29) is 30.7 Å². The van der Waals surface area contributed by atoms with Gasteiger partial charge in [-0.1, -0.05) is 19.9 Å². The number of anilines is 1. The Morgan fingerprint density at radius 3 is 2.36 bits per heavy atom. The van der Waals surface area contributed by atoms with Crippen molar-refractivity contribution in [1.82, 2.24) is 10.3 Å². The molecule has 1 amide bonds. The maximum absolute atomic E-state index is 12.2. The first-order valence-corrected chi connectivity index (χ1v) is 7.24. The molecule has 0 aliphatic heterocycles. The molecule has 0 aliphatic carbocycles. The van der Waals surface area contributed by atoms with E-state index in [2.05, 4.69) is 15.6 Å². The van der Waals surface area contributed by atoms with Crippen LogP contribution in [0.5, 0.6) is 0 Å². The Bertz CT molecular complexity index is 431. The van der Waals surface area contributed by atoms with Crippen LogP contribution in [0, 0.1) is 12.3 Å². The van der Waals surface area contributed by atoms with Crippen LogP contribution in [0.1, 0.15) is 32.4 Å². The van der Waals surface area contributed by atoms with E-state index in [0.29, 0.717) is 19.6 Å². The topological polar surface area (TPSA) is 80.0 Å². The fourth-order valence-electron chi connectivity index (χ4n) is 2.15. The highest BCUT2D eigenvalue weighted by atomic mass is 35.5. The molecule has 1 aromatic rings. The van der Waals surface area contributed by atoms with Gasteiger partial charge in [-0.15, -0.1) is 24.8 Å². The van der Waals surface area contributed by atoms with Gasteiger partial charge in [0, 0.05) is 25.3 Å². The van der Waals surface area contributed by atoms with Gasteiger partial charge in [-0.2, -0.15) is 0 Å². The summed E-state index contributed by atoms with van der Waals surface area (Å²) < 4.78 is 0. The molecule has 0 aromatic carbocycles. The summed E-state index contributed by atoms with van der Waals surface area (Å²) in [5.41, 5.74) is 6.30. The molecule has 0 atom stereocenters. The summed E-state index contributed by atoms with van der Waals surface area (Å²) in [6.45, 7) is 7.56. The van der Waals surface area contributed by atoms with Crippen molar-refractivity contribution in [1.29, 1.82) is 0 Å². The molecule has 0 radical (unpaired) electrons. The van der Waals surface area contributed by atoms with Crippen molar-refractivity contribution in [3.05, 3.63) is 23.9 Å². The van der Waals surface area contributed by atoms with Crippen LogP contribution < -0.4 is 16.4 Å². The maximum Gasteiger partial charge on any atom is 0.227 e. The molecule has 1 heterocycles. The number of halogens is 2. The van der Waals surface area contributed by atoms with Gasteiger partial charge in [0.1, 0.15) is 5.82 Å². The number of hydrogen-bond acceptors (Lipinski definition) is 4. The lowest BCUT2D eigenvalue weighted by Crippen LogP contribution is -2.46. The van der Waals surface area contributed by atoms with Crippen LogP contribution in [0.3, 0.4) is 0 Å². The zero-order valence-corrected chi connectivity index (χ0v) is 15.1. The van der Waals surface area contributed by atoms with Crippen LogP contribution in [0.2, 0.25) is 0 Å². The largest absolute Gasteiger partial charge is 0.368 e. The molecule has 1 aromatic heterocycles. The normalized spacial score (nSPS) is 10.2. The van der Waals surface area contributed by atoms with E-state index >= 15 is 0 Å². The van der Waals surface area contributed by atoms with Crippen LogP contribution in [0.4, 0.5) is 5.82 Å². The first kappa shape index (κ1) is 23.2. The Hall–Kier alpha value is -1.04. The number of aromatic nitrogens is 1. The fraction of sp³-hybridized carbons (Fsp3) is 0.600. The van der Waals surface area contributed by atoms with E-state index in [1.54, 1.807) is 0 Å². The standard InChI is InChI=1S/C15H26N4O.2ClH/c1-4-15(5-2,11-16)14(20)18-10-9-17-13-8-6-7-12(3)19-13;;/h6-8H,4-5,9-11,16H2,1-3H3,(H,17,19)(H,18,20);2*1H. The third-order valence-electron chi connectivity index (χ3n) is 3.83. The van der Waals surface area contributed by atoms with Gasteiger partial charge in [0.2, 0.25) is 5.91 Å². The van der Waals surface area contributed by atoms with Crippen molar-refractivity contribution in [2.45, 2.75) is 33.6 Å². The highest BCUT2D eigenvalue weighted by Crippen LogP contribution is 2.24. The monoisotopic (exact) mass is 350 g/mol. The number of rotatable bonds is 8. The highest BCUT2D eigenvalue weighted by Gasteiger charge is 2.32.